The largest absolute Gasteiger partial charge is 0.493 e. The van der Waals surface area contributed by atoms with Crippen LogP contribution in [0.25, 0.3) is 11.0 Å². The van der Waals surface area contributed by atoms with Gasteiger partial charge in [0.2, 0.25) is 0 Å². The van der Waals surface area contributed by atoms with Crippen LogP contribution in [0.2, 0.25) is 0 Å². The maximum Gasteiger partial charge on any atom is 0.387 e. The number of nitrogens with one attached hydrogen (secondary N) is 1. The number of hydrogen-bond donors (Lipinski definition) is 1. The second-order valence-corrected chi connectivity index (χ2v) is 5.43. The molecule has 8 heteroatoms. The molecule has 1 heterocycles. The van der Waals surface area contributed by atoms with Crippen LogP contribution in [0.4, 0.5) is 8.78 Å². The number of rotatable bonds is 7. The number of benzene rings is 2. The van der Waals surface area contributed by atoms with E-state index in [9.17, 15) is 13.6 Å². The Bertz CT molecular complexity index is 912. The van der Waals surface area contributed by atoms with Crippen LogP contribution < -0.4 is 14.8 Å². The summed E-state index contributed by atoms with van der Waals surface area (Å²) in [6, 6.07) is 11.8. The predicted octanol–water partition coefficient (Wildman–Crippen LogP) is 3.08. The van der Waals surface area contributed by atoms with Crippen molar-refractivity contribution < 1.29 is 23.0 Å². The van der Waals surface area contributed by atoms with Gasteiger partial charge >= 0.3 is 6.61 Å². The van der Waals surface area contributed by atoms with Crippen molar-refractivity contribution in [3.8, 4) is 11.5 Å². The lowest BCUT2D eigenvalue weighted by Gasteiger charge is -2.12. The molecule has 0 bridgehead atoms. The Hall–Kier alpha value is -3.16. The zero-order valence-corrected chi connectivity index (χ0v) is 14.0. The SMILES string of the molecule is COc1ccc(C(=O)NCCn2cnc3ccccc32)cc1OC(F)F. The molecule has 0 spiro atoms. The minimum Gasteiger partial charge on any atom is -0.493 e. The van der Waals surface area contributed by atoms with E-state index < -0.39 is 12.5 Å². The molecule has 2 aromatic carbocycles. The molecule has 1 aromatic heterocycles. The summed E-state index contributed by atoms with van der Waals surface area (Å²) in [6.45, 7) is -2.12. The molecular formula is C18H17F2N3O3. The summed E-state index contributed by atoms with van der Waals surface area (Å²) in [5.41, 5.74) is 2.05. The van der Waals surface area contributed by atoms with E-state index in [4.69, 9.17) is 4.74 Å². The molecule has 6 nitrogen and oxygen atoms in total. The van der Waals surface area contributed by atoms with Crippen LogP contribution in [-0.4, -0.2) is 35.7 Å². The van der Waals surface area contributed by atoms with Crippen molar-refractivity contribution in [2.75, 3.05) is 13.7 Å². The highest BCUT2D eigenvalue weighted by Crippen LogP contribution is 2.29. The van der Waals surface area contributed by atoms with Crippen LogP contribution in [0.5, 0.6) is 11.5 Å². The normalized spacial score (nSPS) is 10.9. The Balaban J connectivity index is 1.64. The Morgan fingerprint density at radius 3 is 2.81 bits per heavy atom. The van der Waals surface area contributed by atoms with E-state index in [1.165, 1.54) is 25.3 Å². The highest BCUT2D eigenvalue weighted by atomic mass is 19.3. The lowest BCUT2D eigenvalue weighted by Crippen LogP contribution is -2.27. The summed E-state index contributed by atoms with van der Waals surface area (Å²) in [7, 11) is 1.34. The summed E-state index contributed by atoms with van der Waals surface area (Å²) < 4.78 is 36.2. The molecule has 0 unspecified atom stereocenters. The first-order valence-corrected chi connectivity index (χ1v) is 7.89. The third-order valence-electron chi connectivity index (χ3n) is 3.81. The maximum absolute atomic E-state index is 12.5. The quantitative estimate of drug-likeness (QED) is 0.702. The van der Waals surface area contributed by atoms with E-state index in [1.54, 1.807) is 6.33 Å². The van der Waals surface area contributed by atoms with Gasteiger partial charge in [0.1, 0.15) is 0 Å². The number of carbonyl (C=O) groups is 1. The molecule has 0 saturated heterocycles. The van der Waals surface area contributed by atoms with Crippen molar-refractivity contribution in [2.24, 2.45) is 0 Å². The number of methoxy groups -OCH3 is 1. The van der Waals surface area contributed by atoms with Gasteiger partial charge in [0.05, 0.1) is 24.5 Å². The zero-order chi connectivity index (χ0) is 18.5. The molecule has 0 aliphatic heterocycles. The van der Waals surface area contributed by atoms with Crippen molar-refractivity contribution in [2.45, 2.75) is 13.2 Å². The fourth-order valence-electron chi connectivity index (χ4n) is 2.59. The Labute approximate surface area is 148 Å². The molecule has 3 rings (SSSR count). The number of halogens is 2. The first-order chi connectivity index (χ1) is 12.6. The van der Waals surface area contributed by atoms with Gasteiger partial charge in [-0.05, 0) is 30.3 Å². The number of nitrogens with zero attached hydrogens (tertiary/aromatic N) is 2. The van der Waals surface area contributed by atoms with Crippen molar-refractivity contribution in [1.29, 1.82) is 0 Å². The smallest absolute Gasteiger partial charge is 0.387 e. The Morgan fingerprint density at radius 2 is 2.04 bits per heavy atom. The Kier molecular flexibility index (Phi) is 5.31. The average Bonchev–Trinajstić information content (AvgIpc) is 3.04. The van der Waals surface area contributed by atoms with E-state index >= 15 is 0 Å². The number of carbonyl (C=O) groups excluding carboxylic acids is 1. The molecule has 0 aliphatic rings. The number of aromatic nitrogens is 2. The number of hydrogen-bond acceptors (Lipinski definition) is 4. The fourth-order valence-corrected chi connectivity index (χ4v) is 2.59. The topological polar surface area (TPSA) is 65.4 Å². The van der Waals surface area contributed by atoms with E-state index in [-0.39, 0.29) is 17.1 Å². The van der Waals surface area contributed by atoms with Crippen molar-refractivity contribution in [3.05, 3.63) is 54.4 Å². The molecule has 0 radical (unpaired) electrons. The first-order valence-electron chi connectivity index (χ1n) is 7.89. The highest BCUT2D eigenvalue weighted by molar-refractivity contribution is 5.94. The number of amides is 1. The van der Waals surface area contributed by atoms with Crippen LogP contribution in [-0.2, 0) is 6.54 Å². The van der Waals surface area contributed by atoms with E-state index in [1.807, 2.05) is 28.8 Å². The first kappa shape index (κ1) is 17.7. The number of ether oxygens (including phenoxy) is 2. The third-order valence-corrected chi connectivity index (χ3v) is 3.81. The number of alkyl halides is 2. The summed E-state index contributed by atoms with van der Waals surface area (Å²) in [5.74, 6) is -0.446. The van der Waals surface area contributed by atoms with E-state index in [0.717, 1.165) is 11.0 Å². The van der Waals surface area contributed by atoms with Crippen molar-refractivity contribution in [1.82, 2.24) is 14.9 Å². The molecule has 0 fully saturated rings. The highest BCUT2D eigenvalue weighted by Gasteiger charge is 2.14. The van der Waals surface area contributed by atoms with Crippen molar-refractivity contribution in [3.63, 3.8) is 0 Å². The standard InChI is InChI=1S/C18H17F2N3O3/c1-25-15-7-6-12(10-16(15)26-18(19)20)17(24)21-8-9-23-11-22-13-4-2-3-5-14(13)23/h2-7,10-11,18H,8-9H2,1H3,(H,21,24). The van der Waals surface area contributed by atoms with Gasteiger partial charge in [-0.2, -0.15) is 8.78 Å². The van der Waals surface area contributed by atoms with Gasteiger partial charge in [0.25, 0.3) is 5.91 Å². The number of fused-ring (bicyclic) bond motifs is 1. The van der Waals surface area contributed by atoms with Gasteiger partial charge in [0.15, 0.2) is 11.5 Å². The molecule has 0 atom stereocenters. The van der Waals surface area contributed by atoms with Crippen LogP contribution >= 0.6 is 0 Å². The molecule has 26 heavy (non-hydrogen) atoms. The van der Waals surface area contributed by atoms with Gasteiger partial charge in [0, 0.05) is 18.7 Å². The summed E-state index contributed by atoms with van der Waals surface area (Å²) in [4.78, 5) is 16.5. The van der Waals surface area contributed by atoms with E-state index in [2.05, 4.69) is 15.0 Å². The second-order valence-electron chi connectivity index (χ2n) is 5.43. The van der Waals surface area contributed by atoms with E-state index in [0.29, 0.717) is 13.1 Å². The molecular weight excluding hydrogens is 344 g/mol. The molecule has 1 amide bonds. The lowest BCUT2D eigenvalue weighted by molar-refractivity contribution is -0.0512. The maximum atomic E-state index is 12.5. The van der Waals surface area contributed by atoms with Crippen LogP contribution in [0.1, 0.15) is 10.4 Å². The minimum absolute atomic E-state index is 0.131. The molecule has 0 saturated carbocycles. The molecule has 0 aliphatic carbocycles. The van der Waals surface area contributed by atoms with Crippen molar-refractivity contribution >= 4 is 16.9 Å². The van der Waals surface area contributed by atoms with Gasteiger partial charge in [-0.15, -0.1) is 0 Å². The molecule has 1 N–H and O–H groups in total. The van der Waals surface area contributed by atoms with Crippen LogP contribution in [0.3, 0.4) is 0 Å². The van der Waals surface area contributed by atoms with Gasteiger partial charge in [-0.1, -0.05) is 12.1 Å². The number of para-hydroxylation sites is 2. The molecule has 3 aromatic rings. The van der Waals surface area contributed by atoms with Gasteiger partial charge < -0.3 is 19.4 Å². The second kappa shape index (κ2) is 7.81. The van der Waals surface area contributed by atoms with Gasteiger partial charge in [-0.25, -0.2) is 4.98 Å². The predicted molar refractivity (Wildman–Crippen MR) is 91.7 cm³/mol. The zero-order valence-electron chi connectivity index (χ0n) is 14.0. The fraction of sp³-hybridized carbons (Fsp3) is 0.222. The van der Waals surface area contributed by atoms with Crippen LogP contribution in [0.15, 0.2) is 48.8 Å². The average molecular weight is 361 g/mol. The lowest BCUT2D eigenvalue weighted by atomic mass is 10.2. The Morgan fingerprint density at radius 1 is 1.23 bits per heavy atom. The summed E-state index contributed by atoms with van der Waals surface area (Å²) >= 11 is 0. The minimum atomic E-state index is -3.00. The van der Waals surface area contributed by atoms with Crippen LogP contribution in [0, 0.1) is 0 Å². The third kappa shape index (κ3) is 3.90. The summed E-state index contributed by atoms with van der Waals surface area (Å²) in [5, 5.41) is 2.75. The monoisotopic (exact) mass is 361 g/mol. The number of imidazole rings is 1. The molecule has 136 valence electrons. The van der Waals surface area contributed by atoms with Gasteiger partial charge in [-0.3, -0.25) is 4.79 Å². The summed E-state index contributed by atoms with van der Waals surface area (Å²) in [6.07, 6.45) is 1.71.